The van der Waals surface area contributed by atoms with Gasteiger partial charge in [-0.05, 0) is 43.3 Å². The Morgan fingerprint density at radius 1 is 1.04 bits per heavy atom. The predicted molar refractivity (Wildman–Crippen MR) is 110 cm³/mol. The maximum atomic E-state index is 6.15. The molecule has 4 aromatic rings. The lowest BCUT2D eigenvalue weighted by molar-refractivity contribution is 0.903. The average molecular weight is 398 g/mol. The molecule has 0 amide bonds. The van der Waals surface area contributed by atoms with Gasteiger partial charge in [0.1, 0.15) is 5.82 Å². The maximum Gasteiger partial charge on any atom is 0.154 e. The van der Waals surface area contributed by atoms with Crippen LogP contribution < -0.4 is 5.32 Å². The van der Waals surface area contributed by atoms with Gasteiger partial charge in [-0.3, -0.25) is 4.98 Å². The second kappa shape index (κ2) is 7.55. The minimum Gasteiger partial charge on any atom is -0.368 e. The summed E-state index contributed by atoms with van der Waals surface area (Å²) in [6, 6.07) is 15.4. The van der Waals surface area contributed by atoms with Crippen molar-refractivity contribution in [2.45, 2.75) is 13.3 Å². The summed E-state index contributed by atoms with van der Waals surface area (Å²) in [5.41, 5.74) is 4.61. The van der Waals surface area contributed by atoms with Crippen molar-refractivity contribution in [3.63, 3.8) is 0 Å². The Labute approximate surface area is 167 Å². The number of pyridine rings is 1. The fourth-order valence-electron chi connectivity index (χ4n) is 2.88. The third kappa shape index (κ3) is 3.89. The van der Waals surface area contributed by atoms with Crippen molar-refractivity contribution < 1.29 is 0 Å². The van der Waals surface area contributed by atoms with Crippen LogP contribution in [0.25, 0.3) is 16.9 Å². The SMILES string of the molecule is Cc1cccc(CCNc2ccc3ncc(-c4ccc(Cl)c(Cl)c4)n3n2)n1. The van der Waals surface area contributed by atoms with Crippen LogP contribution in [-0.4, -0.2) is 26.1 Å². The molecule has 0 aliphatic rings. The van der Waals surface area contributed by atoms with Gasteiger partial charge < -0.3 is 5.32 Å². The average Bonchev–Trinajstić information content (AvgIpc) is 3.07. The van der Waals surface area contributed by atoms with Crippen LogP contribution in [0.1, 0.15) is 11.4 Å². The first kappa shape index (κ1) is 17.8. The second-order valence-electron chi connectivity index (χ2n) is 6.21. The molecule has 0 aliphatic carbocycles. The molecule has 0 saturated carbocycles. The molecule has 0 atom stereocenters. The van der Waals surface area contributed by atoms with E-state index in [1.807, 2.05) is 49.4 Å². The molecule has 7 heteroatoms. The molecular weight excluding hydrogens is 381 g/mol. The van der Waals surface area contributed by atoms with Crippen LogP contribution in [0.4, 0.5) is 5.82 Å². The quantitative estimate of drug-likeness (QED) is 0.511. The number of halogens is 2. The summed E-state index contributed by atoms with van der Waals surface area (Å²) < 4.78 is 1.80. The van der Waals surface area contributed by atoms with Crippen molar-refractivity contribution in [3.05, 3.63) is 76.2 Å². The lowest BCUT2D eigenvalue weighted by atomic mass is 10.2. The van der Waals surface area contributed by atoms with Gasteiger partial charge in [-0.15, -0.1) is 5.10 Å². The molecule has 0 aliphatic heterocycles. The third-order valence-corrected chi connectivity index (χ3v) is 4.95. The van der Waals surface area contributed by atoms with Crippen molar-refractivity contribution >= 4 is 34.7 Å². The van der Waals surface area contributed by atoms with E-state index in [9.17, 15) is 0 Å². The van der Waals surface area contributed by atoms with Gasteiger partial charge in [0.2, 0.25) is 0 Å². The van der Waals surface area contributed by atoms with Crippen LogP contribution in [0.5, 0.6) is 0 Å². The summed E-state index contributed by atoms with van der Waals surface area (Å²) in [6.07, 6.45) is 2.60. The van der Waals surface area contributed by atoms with Crippen LogP contribution >= 0.6 is 23.2 Å². The van der Waals surface area contributed by atoms with Crippen molar-refractivity contribution in [1.82, 2.24) is 19.6 Å². The molecule has 1 N–H and O–H groups in total. The van der Waals surface area contributed by atoms with E-state index in [1.54, 1.807) is 16.8 Å². The second-order valence-corrected chi connectivity index (χ2v) is 7.02. The third-order valence-electron chi connectivity index (χ3n) is 4.21. The number of rotatable bonds is 5. The molecule has 5 nitrogen and oxygen atoms in total. The summed E-state index contributed by atoms with van der Waals surface area (Å²) in [4.78, 5) is 8.93. The van der Waals surface area contributed by atoms with E-state index >= 15 is 0 Å². The standard InChI is InChI=1S/C20H17Cl2N5/c1-13-3-2-4-15(25-13)9-10-23-19-7-8-20-24-12-18(27(20)26-19)14-5-6-16(21)17(22)11-14/h2-8,11-12H,9-10H2,1H3,(H,23,26). The van der Waals surface area contributed by atoms with E-state index in [-0.39, 0.29) is 0 Å². The Hall–Kier alpha value is -2.63. The number of benzene rings is 1. The molecule has 0 spiro atoms. The van der Waals surface area contributed by atoms with Crippen LogP contribution in [-0.2, 0) is 6.42 Å². The minimum atomic E-state index is 0.504. The number of anilines is 1. The predicted octanol–water partition coefficient (Wildman–Crippen LogP) is 5.06. The fourth-order valence-corrected chi connectivity index (χ4v) is 3.18. The van der Waals surface area contributed by atoms with Gasteiger partial charge in [-0.25, -0.2) is 9.50 Å². The van der Waals surface area contributed by atoms with E-state index in [2.05, 4.69) is 20.4 Å². The zero-order valence-electron chi connectivity index (χ0n) is 14.7. The highest BCUT2D eigenvalue weighted by atomic mass is 35.5. The zero-order valence-corrected chi connectivity index (χ0v) is 16.2. The van der Waals surface area contributed by atoms with Gasteiger partial charge in [0, 0.05) is 29.9 Å². The molecule has 0 unspecified atom stereocenters. The normalized spacial score (nSPS) is 11.1. The van der Waals surface area contributed by atoms with Gasteiger partial charge >= 0.3 is 0 Å². The number of imidazole rings is 1. The van der Waals surface area contributed by atoms with Crippen LogP contribution in [0.15, 0.2) is 54.7 Å². The molecule has 0 fully saturated rings. The summed E-state index contributed by atoms with van der Waals surface area (Å²) in [7, 11) is 0. The first-order valence-electron chi connectivity index (χ1n) is 8.57. The van der Waals surface area contributed by atoms with Crippen LogP contribution in [0.3, 0.4) is 0 Å². The molecule has 27 heavy (non-hydrogen) atoms. The van der Waals surface area contributed by atoms with Crippen molar-refractivity contribution in [2.24, 2.45) is 0 Å². The van der Waals surface area contributed by atoms with E-state index in [0.717, 1.165) is 47.1 Å². The Bertz CT molecular complexity index is 1110. The van der Waals surface area contributed by atoms with Gasteiger partial charge in [0.25, 0.3) is 0 Å². The number of fused-ring (bicyclic) bond motifs is 1. The number of aromatic nitrogens is 4. The van der Waals surface area contributed by atoms with Gasteiger partial charge in [-0.2, -0.15) is 0 Å². The molecule has 0 saturated heterocycles. The maximum absolute atomic E-state index is 6.15. The zero-order chi connectivity index (χ0) is 18.8. The van der Waals surface area contributed by atoms with E-state index < -0.39 is 0 Å². The summed E-state index contributed by atoms with van der Waals surface area (Å²) in [6.45, 7) is 2.74. The van der Waals surface area contributed by atoms with Gasteiger partial charge in [0.15, 0.2) is 5.65 Å². The number of nitrogens with one attached hydrogen (secondary N) is 1. The molecule has 0 bridgehead atoms. The molecule has 3 aromatic heterocycles. The molecule has 3 heterocycles. The topological polar surface area (TPSA) is 55.1 Å². The van der Waals surface area contributed by atoms with Crippen molar-refractivity contribution in [3.8, 4) is 11.3 Å². The van der Waals surface area contributed by atoms with E-state index in [4.69, 9.17) is 23.2 Å². The largest absolute Gasteiger partial charge is 0.368 e. The summed E-state index contributed by atoms with van der Waals surface area (Å²) >= 11 is 12.2. The minimum absolute atomic E-state index is 0.504. The first-order valence-corrected chi connectivity index (χ1v) is 9.32. The van der Waals surface area contributed by atoms with Gasteiger partial charge in [0.05, 0.1) is 21.9 Å². The summed E-state index contributed by atoms with van der Waals surface area (Å²) in [5, 5.41) is 9.03. The Morgan fingerprint density at radius 3 is 2.74 bits per heavy atom. The molecule has 4 rings (SSSR count). The van der Waals surface area contributed by atoms with Crippen molar-refractivity contribution in [1.29, 1.82) is 0 Å². The number of hydrogen-bond donors (Lipinski definition) is 1. The Morgan fingerprint density at radius 2 is 1.93 bits per heavy atom. The highest BCUT2D eigenvalue weighted by Crippen LogP contribution is 2.28. The molecule has 136 valence electrons. The van der Waals surface area contributed by atoms with Crippen LogP contribution in [0, 0.1) is 6.92 Å². The first-order chi connectivity index (χ1) is 13.1. The monoisotopic (exact) mass is 397 g/mol. The smallest absolute Gasteiger partial charge is 0.154 e. The molecule has 0 radical (unpaired) electrons. The Balaban J connectivity index is 1.55. The molecular formula is C20H17Cl2N5. The van der Waals surface area contributed by atoms with Crippen molar-refractivity contribution in [2.75, 3.05) is 11.9 Å². The Kier molecular flexibility index (Phi) is 4.97. The van der Waals surface area contributed by atoms with E-state index in [0.29, 0.717) is 10.0 Å². The lowest BCUT2D eigenvalue weighted by Crippen LogP contribution is -2.09. The highest BCUT2D eigenvalue weighted by molar-refractivity contribution is 6.42. The highest BCUT2D eigenvalue weighted by Gasteiger charge is 2.10. The summed E-state index contributed by atoms with van der Waals surface area (Å²) in [5.74, 6) is 0.773. The van der Waals surface area contributed by atoms with Crippen LogP contribution in [0.2, 0.25) is 10.0 Å². The van der Waals surface area contributed by atoms with E-state index in [1.165, 1.54) is 0 Å². The fraction of sp³-hybridized carbons (Fsp3) is 0.150. The molecule has 1 aromatic carbocycles. The number of hydrogen-bond acceptors (Lipinski definition) is 4. The van der Waals surface area contributed by atoms with Gasteiger partial charge in [-0.1, -0.05) is 35.3 Å². The number of aryl methyl sites for hydroxylation is 1. The number of nitrogens with zero attached hydrogens (tertiary/aromatic N) is 4. The lowest BCUT2D eigenvalue weighted by Gasteiger charge is -2.08.